The lowest BCUT2D eigenvalue weighted by molar-refractivity contribution is -0.892. The van der Waals surface area contributed by atoms with Crippen LogP contribution in [0.1, 0.15) is 30.6 Å². The van der Waals surface area contributed by atoms with Crippen molar-refractivity contribution in [1.29, 1.82) is 0 Å². The molecule has 0 saturated carbocycles. The van der Waals surface area contributed by atoms with E-state index in [9.17, 15) is 18.0 Å². The van der Waals surface area contributed by atoms with Crippen molar-refractivity contribution in [1.82, 2.24) is 4.90 Å². The molecule has 7 nitrogen and oxygen atoms in total. The Labute approximate surface area is 167 Å². The lowest BCUT2D eigenvalue weighted by atomic mass is 10.1. The molecule has 1 aromatic rings. The van der Waals surface area contributed by atoms with E-state index in [1.165, 1.54) is 4.90 Å². The molecule has 2 aliphatic heterocycles. The van der Waals surface area contributed by atoms with Crippen molar-refractivity contribution in [3.05, 3.63) is 29.8 Å². The fourth-order valence-corrected chi connectivity index (χ4v) is 5.87. The van der Waals surface area contributed by atoms with Crippen LogP contribution in [0.4, 0.5) is 5.69 Å². The Kier molecular flexibility index (Phi) is 6.40. The highest BCUT2D eigenvalue weighted by molar-refractivity contribution is 7.91. The number of anilines is 1. The summed E-state index contributed by atoms with van der Waals surface area (Å²) in [5.41, 5.74) is 1.81. The van der Waals surface area contributed by atoms with E-state index in [2.05, 4.69) is 4.90 Å². The maximum absolute atomic E-state index is 12.8. The largest absolute Gasteiger partial charge is 0.360 e. The van der Waals surface area contributed by atoms with Crippen molar-refractivity contribution in [2.45, 2.75) is 26.3 Å². The molecule has 154 valence electrons. The molecule has 8 heteroatoms. The molecule has 0 spiro atoms. The Hall–Kier alpha value is -1.93. The number of carbonyl (C=O) groups excluding carboxylic acids is 2. The van der Waals surface area contributed by atoms with Crippen molar-refractivity contribution in [2.75, 3.05) is 55.7 Å². The standard InChI is InChI=1S/C20H29N3O4S/c1-3-23(19-8-13-28(26,27)15-19)20(25)14-21-9-11-22(12-10-21)18-6-4-17(5-7-18)16(2)24/h4-7,19H,3,8-15H2,1-2H3/p+1/t19-/m0/s1. The van der Waals surface area contributed by atoms with Crippen LogP contribution >= 0.6 is 0 Å². The lowest BCUT2D eigenvalue weighted by Gasteiger charge is -2.35. The Morgan fingerprint density at radius 2 is 1.82 bits per heavy atom. The van der Waals surface area contributed by atoms with Crippen molar-refractivity contribution in [3.8, 4) is 0 Å². The molecule has 2 heterocycles. The van der Waals surface area contributed by atoms with Crippen LogP contribution < -0.4 is 9.80 Å². The predicted octanol–water partition coefficient (Wildman–Crippen LogP) is -0.370. The van der Waals surface area contributed by atoms with E-state index in [4.69, 9.17) is 0 Å². The van der Waals surface area contributed by atoms with Gasteiger partial charge in [-0.05, 0) is 44.5 Å². The second-order valence-electron chi connectivity index (χ2n) is 7.75. The van der Waals surface area contributed by atoms with Gasteiger partial charge in [0.05, 0.1) is 37.7 Å². The summed E-state index contributed by atoms with van der Waals surface area (Å²) in [6.45, 7) is 7.89. The minimum absolute atomic E-state index is 0.0545. The highest BCUT2D eigenvalue weighted by Gasteiger charge is 2.35. The molecule has 1 aromatic carbocycles. The smallest absolute Gasteiger partial charge is 0.278 e. The van der Waals surface area contributed by atoms with Crippen LogP contribution in [0.15, 0.2) is 24.3 Å². The molecular weight excluding hydrogens is 378 g/mol. The summed E-state index contributed by atoms with van der Waals surface area (Å²) in [4.78, 5) is 29.4. The van der Waals surface area contributed by atoms with Crippen LogP contribution in [-0.4, -0.2) is 81.8 Å². The normalized spacial score (nSPS) is 22.2. The van der Waals surface area contributed by atoms with Crippen molar-refractivity contribution < 1.29 is 22.9 Å². The molecule has 1 N–H and O–H groups in total. The van der Waals surface area contributed by atoms with Crippen LogP contribution in [0.3, 0.4) is 0 Å². The third-order valence-electron chi connectivity index (χ3n) is 5.82. The summed E-state index contributed by atoms with van der Waals surface area (Å²) in [5.74, 6) is 0.412. The van der Waals surface area contributed by atoms with E-state index in [1.807, 2.05) is 31.2 Å². The van der Waals surface area contributed by atoms with Gasteiger partial charge in [0.1, 0.15) is 0 Å². The van der Waals surface area contributed by atoms with Crippen molar-refractivity contribution in [3.63, 3.8) is 0 Å². The van der Waals surface area contributed by atoms with Gasteiger partial charge < -0.3 is 14.7 Å². The minimum atomic E-state index is -2.99. The molecule has 28 heavy (non-hydrogen) atoms. The van der Waals surface area contributed by atoms with Gasteiger partial charge in [0.2, 0.25) is 0 Å². The Morgan fingerprint density at radius 3 is 2.32 bits per heavy atom. The highest BCUT2D eigenvalue weighted by atomic mass is 32.2. The first kappa shape index (κ1) is 20.8. The molecule has 1 amide bonds. The number of piperazine rings is 1. The summed E-state index contributed by atoms with van der Waals surface area (Å²) in [5, 5.41) is 0. The summed E-state index contributed by atoms with van der Waals surface area (Å²) >= 11 is 0. The fourth-order valence-electron chi connectivity index (χ4n) is 4.14. The molecule has 0 aromatic heterocycles. The van der Waals surface area contributed by atoms with Crippen LogP contribution in [0, 0.1) is 0 Å². The zero-order valence-electron chi connectivity index (χ0n) is 16.7. The number of carbonyl (C=O) groups is 2. The average Bonchev–Trinajstić information content (AvgIpc) is 3.02. The van der Waals surface area contributed by atoms with Crippen LogP contribution in [0.5, 0.6) is 0 Å². The van der Waals surface area contributed by atoms with Gasteiger partial charge in [-0.1, -0.05) is 0 Å². The third-order valence-corrected chi connectivity index (χ3v) is 7.57. The SMILES string of the molecule is CCN(C(=O)C[NH+]1CCN(c2ccc(C(C)=O)cc2)CC1)[C@H]1CCS(=O)(=O)C1. The second-order valence-corrected chi connectivity index (χ2v) is 9.98. The number of nitrogens with one attached hydrogen (secondary N) is 1. The molecule has 2 aliphatic rings. The second kappa shape index (κ2) is 8.61. The number of hydrogen-bond donors (Lipinski definition) is 1. The fraction of sp³-hybridized carbons (Fsp3) is 0.600. The molecular formula is C20H30N3O4S+. The van der Waals surface area contributed by atoms with Gasteiger partial charge >= 0.3 is 0 Å². The van der Waals surface area contributed by atoms with Crippen LogP contribution in [0.2, 0.25) is 0 Å². The van der Waals surface area contributed by atoms with Gasteiger partial charge in [-0.3, -0.25) is 9.59 Å². The summed E-state index contributed by atoms with van der Waals surface area (Å²) in [7, 11) is -2.99. The molecule has 2 saturated heterocycles. The van der Waals surface area contributed by atoms with E-state index in [-0.39, 0.29) is 29.2 Å². The van der Waals surface area contributed by atoms with E-state index in [0.717, 1.165) is 31.9 Å². The zero-order valence-corrected chi connectivity index (χ0v) is 17.5. The molecule has 3 rings (SSSR count). The lowest BCUT2D eigenvalue weighted by Crippen LogP contribution is -3.16. The molecule has 0 bridgehead atoms. The first-order valence-electron chi connectivity index (χ1n) is 9.98. The maximum Gasteiger partial charge on any atom is 0.278 e. The van der Waals surface area contributed by atoms with E-state index in [0.29, 0.717) is 25.1 Å². The number of Topliss-reactive ketones (excluding diaryl/α,β-unsaturated/α-hetero) is 1. The molecule has 0 radical (unpaired) electrons. The monoisotopic (exact) mass is 408 g/mol. The zero-order chi connectivity index (χ0) is 20.3. The number of amides is 1. The van der Waals surface area contributed by atoms with Gasteiger partial charge in [-0.15, -0.1) is 0 Å². The number of quaternary nitrogens is 1. The minimum Gasteiger partial charge on any atom is -0.360 e. The van der Waals surface area contributed by atoms with Gasteiger partial charge in [-0.25, -0.2) is 8.42 Å². The number of benzene rings is 1. The quantitative estimate of drug-likeness (QED) is 0.650. The summed E-state index contributed by atoms with van der Waals surface area (Å²) in [6.07, 6.45) is 0.557. The van der Waals surface area contributed by atoms with Crippen molar-refractivity contribution >= 4 is 27.2 Å². The molecule has 0 aliphatic carbocycles. The first-order chi connectivity index (χ1) is 13.3. The van der Waals surface area contributed by atoms with Crippen LogP contribution in [0.25, 0.3) is 0 Å². The van der Waals surface area contributed by atoms with Gasteiger partial charge in [-0.2, -0.15) is 0 Å². The summed E-state index contributed by atoms with van der Waals surface area (Å²) in [6, 6.07) is 7.51. The topological polar surface area (TPSA) is 79.2 Å². The van der Waals surface area contributed by atoms with Gasteiger partial charge in [0, 0.05) is 23.8 Å². The predicted molar refractivity (Wildman–Crippen MR) is 109 cm³/mol. The van der Waals surface area contributed by atoms with Crippen molar-refractivity contribution in [2.24, 2.45) is 0 Å². The number of sulfone groups is 1. The maximum atomic E-state index is 12.8. The van der Waals surface area contributed by atoms with Crippen LogP contribution in [-0.2, 0) is 14.6 Å². The number of likely N-dealkylation sites (N-methyl/N-ethyl adjacent to an activating group) is 1. The van der Waals surface area contributed by atoms with E-state index >= 15 is 0 Å². The first-order valence-corrected chi connectivity index (χ1v) is 11.8. The Morgan fingerprint density at radius 1 is 1.18 bits per heavy atom. The number of hydrogen-bond acceptors (Lipinski definition) is 5. The Bertz CT molecular complexity index is 814. The van der Waals surface area contributed by atoms with Gasteiger partial charge in [0.25, 0.3) is 5.91 Å². The Balaban J connectivity index is 1.52. The van der Waals surface area contributed by atoms with E-state index in [1.54, 1.807) is 11.8 Å². The number of nitrogens with zero attached hydrogens (tertiary/aromatic N) is 2. The highest BCUT2D eigenvalue weighted by Crippen LogP contribution is 2.18. The molecule has 1 atom stereocenters. The third kappa shape index (κ3) is 4.91. The number of ketones is 1. The molecule has 2 fully saturated rings. The number of rotatable bonds is 6. The van der Waals surface area contributed by atoms with Gasteiger partial charge in [0.15, 0.2) is 22.2 Å². The van der Waals surface area contributed by atoms with E-state index < -0.39 is 9.84 Å². The summed E-state index contributed by atoms with van der Waals surface area (Å²) < 4.78 is 23.5. The average molecular weight is 409 g/mol. The molecule has 0 unspecified atom stereocenters.